The molecule has 1 aliphatic heterocycles. The molecule has 3 aromatic rings. The molecule has 5 rings (SSSR count). The fourth-order valence-electron chi connectivity index (χ4n) is 5.37. The summed E-state index contributed by atoms with van der Waals surface area (Å²) in [7, 11) is 0. The molecule has 1 saturated heterocycles. The molecule has 0 unspecified atom stereocenters. The van der Waals surface area contributed by atoms with Crippen LogP contribution < -0.4 is 5.32 Å². The number of nitrogens with one attached hydrogen (secondary N) is 1. The lowest BCUT2D eigenvalue weighted by Crippen LogP contribution is -2.54. The molecule has 0 spiro atoms. The number of β-amino-alcohol motifs (C(OH)–C–C–N with tert-alkyl or cyclic N) is 1. The van der Waals surface area contributed by atoms with Gasteiger partial charge in [0, 0.05) is 55.1 Å². The Morgan fingerprint density at radius 1 is 1.31 bits per heavy atom. The van der Waals surface area contributed by atoms with Crippen molar-refractivity contribution in [1.82, 2.24) is 19.8 Å². The maximum Gasteiger partial charge on any atom is 0.246 e. The number of aliphatic hydroxyl groups is 1. The first-order chi connectivity index (χ1) is 17.4. The molecule has 8 heteroatoms. The number of fused-ring (bicyclic) bond motifs is 1. The third-order valence-electron chi connectivity index (χ3n) is 7.17. The molecule has 36 heavy (non-hydrogen) atoms. The Hall–Kier alpha value is -3.18. The van der Waals surface area contributed by atoms with Crippen molar-refractivity contribution < 1.29 is 9.90 Å². The minimum Gasteiger partial charge on any atom is -0.388 e. The van der Waals surface area contributed by atoms with Crippen molar-refractivity contribution in [2.24, 2.45) is 0 Å². The molecule has 0 radical (unpaired) electrons. The maximum atomic E-state index is 11.9. The number of rotatable bonds is 6. The first-order valence-corrected chi connectivity index (χ1v) is 12.8. The van der Waals surface area contributed by atoms with Crippen LogP contribution in [0.2, 0.25) is 5.02 Å². The number of carbonyl (C=O) groups excluding carboxylic acids is 1. The first kappa shape index (κ1) is 24.5. The summed E-state index contributed by atoms with van der Waals surface area (Å²) >= 11 is 6.51. The second-order valence-electron chi connectivity index (χ2n) is 9.73. The highest BCUT2D eigenvalue weighted by Crippen LogP contribution is 2.33. The van der Waals surface area contributed by atoms with Gasteiger partial charge in [-0.2, -0.15) is 0 Å². The highest BCUT2D eigenvalue weighted by Gasteiger charge is 2.37. The molecule has 2 heterocycles. The summed E-state index contributed by atoms with van der Waals surface area (Å²) in [6, 6.07) is 16.1. The summed E-state index contributed by atoms with van der Waals surface area (Å²) in [5, 5.41) is 17.3. The summed E-state index contributed by atoms with van der Waals surface area (Å²) in [4.78, 5) is 25.1. The molecule has 1 saturated carbocycles. The van der Waals surface area contributed by atoms with Crippen LogP contribution in [0.4, 0.5) is 5.95 Å². The maximum absolute atomic E-state index is 11.9. The summed E-state index contributed by atoms with van der Waals surface area (Å²) in [6.45, 7) is 6.99. The molecule has 1 aromatic heterocycles. The van der Waals surface area contributed by atoms with E-state index in [1.54, 1.807) is 11.1 Å². The Bertz CT molecular complexity index is 1250. The van der Waals surface area contributed by atoms with E-state index in [-0.39, 0.29) is 11.9 Å². The highest BCUT2D eigenvalue weighted by atomic mass is 35.5. The standard InChI is InChI=1S/C28H30ClN5O2/c1-2-25(35)34-15-13-33(14-16-34)19-28(36)12-6-9-21(17-28)31-27-30-18-24(29)26(32-27)23-11-5-8-20-7-3-4-10-22(20)23/h2-4,7,10-11,18,21,36H,1,6,9,12-17,19H2,(H,30,31,32)/t21-,28+/m1/s1. The summed E-state index contributed by atoms with van der Waals surface area (Å²) < 4.78 is 0. The first-order valence-electron chi connectivity index (χ1n) is 12.4. The monoisotopic (exact) mass is 503 g/mol. The van der Waals surface area contributed by atoms with Crippen LogP contribution in [0.15, 0.2) is 49.2 Å². The molecule has 2 atom stereocenters. The number of amides is 1. The summed E-state index contributed by atoms with van der Waals surface area (Å²) in [5.74, 6) is 0.467. The van der Waals surface area contributed by atoms with Crippen LogP contribution in [-0.4, -0.2) is 75.1 Å². The Morgan fingerprint density at radius 3 is 2.92 bits per heavy atom. The molecule has 2 fully saturated rings. The van der Waals surface area contributed by atoms with E-state index in [9.17, 15) is 9.90 Å². The van der Waals surface area contributed by atoms with Crippen LogP contribution >= 0.6 is 11.6 Å². The van der Waals surface area contributed by atoms with Crippen molar-refractivity contribution in [2.45, 2.75) is 37.3 Å². The Labute approximate surface area is 216 Å². The molecule has 2 N–H and O–H groups in total. The quantitative estimate of drug-likeness (QED) is 0.495. The fourth-order valence-corrected chi connectivity index (χ4v) is 5.57. The molecular weight excluding hydrogens is 474 g/mol. The van der Waals surface area contributed by atoms with Gasteiger partial charge in [0.25, 0.3) is 0 Å². The van der Waals surface area contributed by atoms with Gasteiger partial charge in [-0.15, -0.1) is 0 Å². The lowest BCUT2D eigenvalue weighted by molar-refractivity contribution is -0.128. The largest absolute Gasteiger partial charge is 0.388 e. The number of anilines is 1. The van der Waals surface area contributed by atoms with E-state index in [1.807, 2.05) is 30.3 Å². The predicted octanol–water partition coefficient (Wildman–Crippen LogP) is 3.97. The van der Waals surface area contributed by atoms with E-state index in [1.165, 1.54) is 6.08 Å². The van der Waals surface area contributed by atoms with E-state index in [0.29, 0.717) is 42.7 Å². The summed E-state index contributed by atoms with van der Waals surface area (Å²) in [6.07, 6.45) is 6.20. The number of hydrogen-bond donors (Lipinski definition) is 2. The highest BCUT2D eigenvalue weighted by molar-refractivity contribution is 6.33. The van der Waals surface area contributed by atoms with Gasteiger partial charge in [0.2, 0.25) is 11.9 Å². The zero-order valence-corrected chi connectivity index (χ0v) is 21.0. The molecule has 0 bridgehead atoms. The van der Waals surface area contributed by atoms with Gasteiger partial charge in [-0.05, 0) is 43.9 Å². The molecule has 186 valence electrons. The number of benzene rings is 1. The third-order valence-corrected chi connectivity index (χ3v) is 7.45. The lowest BCUT2D eigenvalue weighted by Gasteiger charge is -2.42. The van der Waals surface area contributed by atoms with E-state index in [2.05, 4.69) is 33.9 Å². The van der Waals surface area contributed by atoms with E-state index in [0.717, 1.165) is 48.7 Å². The lowest BCUT2D eigenvalue weighted by atomic mass is 9.81. The van der Waals surface area contributed by atoms with Crippen molar-refractivity contribution in [1.29, 1.82) is 0 Å². The molecule has 7 nitrogen and oxygen atoms in total. The molecule has 1 amide bonds. The SMILES string of the molecule is C=CC(=O)N1CCN(C[C@]2(O)CCC[C@@H](Nc3ncc(Cl)c(-c4cc#cc5ccccc45)n3)C2)CC1. The Kier molecular flexibility index (Phi) is 7.10. The average Bonchev–Trinajstić information content (AvgIpc) is 2.89. The van der Waals surface area contributed by atoms with Gasteiger partial charge in [0.05, 0.1) is 22.5 Å². The fraction of sp³-hybridized carbons (Fsp3) is 0.393. The number of carbonyl (C=O) groups is 1. The van der Waals surface area contributed by atoms with Crippen LogP contribution in [0, 0.1) is 12.1 Å². The number of halogens is 1. The Balaban J connectivity index is 1.27. The van der Waals surface area contributed by atoms with Crippen molar-refractivity contribution in [3.63, 3.8) is 0 Å². The number of piperazine rings is 1. The zero-order valence-electron chi connectivity index (χ0n) is 20.2. The van der Waals surface area contributed by atoms with E-state index >= 15 is 0 Å². The zero-order chi connectivity index (χ0) is 25.1. The number of nitrogens with zero attached hydrogens (tertiary/aromatic N) is 4. The van der Waals surface area contributed by atoms with Crippen LogP contribution in [0.5, 0.6) is 0 Å². The van der Waals surface area contributed by atoms with Gasteiger partial charge >= 0.3 is 0 Å². The van der Waals surface area contributed by atoms with Gasteiger partial charge in [0.15, 0.2) is 0 Å². The van der Waals surface area contributed by atoms with Crippen molar-refractivity contribution in [3.8, 4) is 11.3 Å². The van der Waals surface area contributed by atoms with Crippen LogP contribution in [0.25, 0.3) is 22.0 Å². The Morgan fingerprint density at radius 2 is 2.11 bits per heavy atom. The van der Waals surface area contributed by atoms with Gasteiger partial charge in [-0.3, -0.25) is 9.69 Å². The second-order valence-corrected chi connectivity index (χ2v) is 10.1. The minimum absolute atomic E-state index is 0.0304. The van der Waals surface area contributed by atoms with E-state index < -0.39 is 5.60 Å². The van der Waals surface area contributed by atoms with Gasteiger partial charge < -0.3 is 15.3 Å². The topological polar surface area (TPSA) is 81.6 Å². The number of hydrogen-bond acceptors (Lipinski definition) is 6. The van der Waals surface area contributed by atoms with Gasteiger partial charge in [-0.25, -0.2) is 9.97 Å². The van der Waals surface area contributed by atoms with Crippen molar-refractivity contribution >= 4 is 34.2 Å². The molecule has 1 aliphatic carbocycles. The molecule has 2 aromatic carbocycles. The van der Waals surface area contributed by atoms with Crippen molar-refractivity contribution in [3.05, 3.63) is 66.3 Å². The average molecular weight is 504 g/mol. The second kappa shape index (κ2) is 10.4. The van der Waals surface area contributed by atoms with Crippen LogP contribution in [0.3, 0.4) is 0 Å². The number of aromatic nitrogens is 2. The van der Waals surface area contributed by atoms with E-state index in [4.69, 9.17) is 16.6 Å². The minimum atomic E-state index is -0.795. The summed E-state index contributed by atoms with van der Waals surface area (Å²) in [5.41, 5.74) is 0.735. The van der Waals surface area contributed by atoms with Gasteiger partial charge in [-0.1, -0.05) is 48.5 Å². The van der Waals surface area contributed by atoms with Crippen molar-refractivity contribution in [2.75, 3.05) is 38.0 Å². The van der Waals surface area contributed by atoms with Crippen LogP contribution in [0.1, 0.15) is 25.7 Å². The smallest absolute Gasteiger partial charge is 0.246 e. The van der Waals surface area contributed by atoms with Gasteiger partial charge in [0.1, 0.15) is 0 Å². The third kappa shape index (κ3) is 5.31. The van der Waals surface area contributed by atoms with Crippen LogP contribution in [-0.2, 0) is 4.79 Å². The molecule has 2 aliphatic rings. The predicted molar refractivity (Wildman–Crippen MR) is 142 cm³/mol. The normalized spacial score (nSPS) is 22.7. The molecular formula is C28H30ClN5O2.